The Morgan fingerprint density at radius 1 is 1.23 bits per heavy atom. The van der Waals surface area contributed by atoms with Crippen LogP contribution in [-0.4, -0.2) is 12.3 Å². The molecule has 0 saturated carbocycles. The molecular formula is C11H17OP. The molecule has 0 unspecified atom stereocenters. The van der Waals surface area contributed by atoms with Gasteiger partial charge in [-0.25, -0.2) is 0 Å². The molecule has 13 heavy (non-hydrogen) atoms. The maximum Gasteiger partial charge on any atom is 0.115 e. The van der Waals surface area contributed by atoms with Gasteiger partial charge < -0.3 is 4.57 Å². The van der Waals surface area contributed by atoms with Crippen LogP contribution in [0.3, 0.4) is 0 Å². The molecule has 1 rings (SSSR count). The second-order valence-electron chi connectivity index (χ2n) is 3.36. The van der Waals surface area contributed by atoms with Crippen LogP contribution < -0.4 is 5.30 Å². The van der Waals surface area contributed by atoms with E-state index in [1.807, 2.05) is 45.0 Å². The first-order valence-electron chi connectivity index (χ1n) is 4.77. The average molecular weight is 196 g/mol. The van der Waals surface area contributed by atoms with Crippen LogP contribution in [0.25, 0.3) is 0 Å². The molecule has 1 aromatic carbocycles. The summed E-state index contributed by atoms with van der Waals surface area (Å²) in [5.74, 6) is 0. The van der Waals surface area contributed by atoms with Gasteiger partial charge in [-0.1, -0.05) is 37.6 Å². The van der Waals surface area contributed by atoms with E-state index < -0.39 is 7.14 Å². The van der Waals surface area contributed by atoms with Crippen molar-refractivity contribution in [1.82, 2.24) is 0 Å². The minimum Gasteiger partial charge on any atom is -0.319 e. The highest BCUT2D eigenvalue weighted by atomic mass is 31.2. The average Bonchev–Trinajstić information content (AvgIpc) is 2.17. The van der Waals surface area contributed by atoms with E-state index in [0.717, 1.165) is 17.6 Å². The van der Waals surface area contributed by atoms with Gasteiger partial charge >= 0.3 is 0 Å². The van der Waals surface area contributed by atoms with Crippen molar-refractivity contribution in [2.24, 2.45) is 0 Å². The molecule has 72 valence electrons. The summed E-state index contributed by atoms with van der Waals surface area (Å²) in [6.07, 6.45) is 1.54. The summed E-state index contributed by atoms with van der Waals surface area (Å²) in [5.41, 5.74) is 1.19. The number of hydrogen-bond acceptors (Lipinski definition) is 1. The van der Waals surface area contributed by atoms with Gasteiger partial charge in [0.25, 0.3) is 0 Å². The Morgan fingerprint density at radius 3 is 2.31 bits per heavy atom. The molecule has 0 fully saturated rings. The molecule has 1 aromatic rings. The maximum atomic E-state index is 12.3. The van der Waals surface area contributed by atoms with Gasteiger partial charge in [-0.05, 0) is 13.0 Å². The molecule has 0 spiro atoms. The summed E-state index contributed by atoms with van der Waals surface area (Å²) in [4.78, 5) is 0. The molecule has 2 heteroatoms. The van der Waals surface area contributed by atoms with Crippen molar-refractivity contribution in [3.8, 4) is 0 Å². The lowest BCUT2D eigenvalue weighted by Crippen LogP contribution is -2.08. The molecule has 0 saturated heterocycles. The summed E-state index contributed by atoms with van der Waals surface area (Å²) in [6.45, 7) is 6.05. The van der Waals surface area contributed by atoms with Gasteiger partial charge in [0, 0.05) is 17.6 Å². The Labute approximate surface area is 80.5 Å². The number of aryl methyl sites for hydroxylation is 1. The van der Waals surface area contributed by atoms with Gasteiger partial charge in [-0.3, -0.25) is 0 Å². The highest BCUT2D eigenvalue weighted by Gasteiger charge is 2.19. The van der Waals surface area contributed by atoms with Crippen molar-refractivity contribution in [2.45, 2.75) is 20.8 Å². The smallest absolute Gasteiger partial charge is 0.115 e. The summed E-state index contributed by atoms with van der Waals surface area (Å²) >= 11 is 0. The van der Waals surface area contributed by atoms with E-state index in [-0.39, 0.29) is 0 Å². The van der Waals surface area contributed by atoms with Crippen LogP contribution in [0.1, 0.15) is 19.4 Å². The Morgan fingerprint density at radius 2 is 1.85 bits per heavy atom. The fourth-order valence-electron chi connectivity index (χ4n) is 1.47. The van der Waals surface area contributed by atoms with Crippen LogP contribution in [0.2, 0.25) is 0 Å². The molecule has 0 aliphatic carbocycles. The first kappa shape index (κ1) is 10.5. The fraction of sp³-hybridized carbons (Fsp3) is 0.455. The summed E-state index contributed by atoms with van der Waals surface area (Å²) < 4.78 is 12.3. The summed E-state index contributed by atoms with van der Waals surface area (Å²) in [6, 6.07) is 8.07. The highest BCUT2D eigenvalue weighted by molar-refractivity contribution is 7.71. The second kappa shape index (κ2) is 4.11. The Balaban J connectivity index is 3.13. The SMILES string of the molecule is CCP(=O)(CC)c1cccc(C)c1. The van der Waals surface area contributed by atoms with E-state index in [1.165, 1.54) is 5.56 Å². The fourth-order valence-corrected chi connectivity index (χ4v) is 3.44. The zero-order valence-corrected chi connectivity index (χ0v) is 9.47. The largest absolute Gasteiger partial charge is 0.319 e. The van der Waals surface area contributed by atoms with Gasteiger partial charge in [-0.2, -0.15) is 0 Å². The normalized spacial score (nSPS) is 11.6. The highest BCUT2D eigenvalue weighted by Crippen LogP contribution is 2.43. The van der Waals surface area contributed by atoms with E-state index in [2.05, 4.69) is 0 Å². The van der Waals surface area contributed by atoms with E-state index in [1.54, 1.807) is 0 Å². The molecule has 1 nitrogen and oxygen atoms in total. The molecule has 0 aliphatic rings. The Kier molecular flexibility index (Phi) is 3.33. The third kappa shape index (κ3) is 2.22. The maximum absolute atomic E-state index is 12.3. The van der Waals surface area contributed by atoms with E-state index >= 15 is 0 Å². The van der Waals surface area contributed by atoms with Gasteiger partial charge in [0.2, 0.25) is 0 Å². The molecule has 0 radical (unpaired) electrons. The Bertz CT molecular complexity index is 323. The zero-order valence-electron chi connectivity index (χ0n) is 8.58. The summed E-state index contributed by atoms with van der Waals surface area (Å²) in [7, 11) is -2.06. The third-order valence-electron chi connectivity index (χ3n) is 2.49. The van der Waals surface area contributed by atoms with Crippen molar-refractivity contribution < 1.29 is 4.57 Å². The predicted octanol–water partition coefficient (Wildman–Crippen LogP) is 3.02. The molecule has 0 aromatic heterocycles. The molecule has 0 aliphatic heterocycles. The van der Waals surface area contributed by atoms with Crippen molar-refractivity contribution in [2.75, 3.05) is 12.3 Å². The van der Waals surface area contributed by atoms with Crippen molar-refractivity contribution >= 4 is 12.4 Å². The van der Waals surface area contributed by atoms with Crippen LogP contribution in [0.4, 0.5) is 0 Å². The number of rotatable bonds is 3. The summed E-state index contributed by atoms with van der Waals surface area (Å²) in [5, 5.41) is 1.04. The van der Waals surface area contributed by atoms with E-state index in [9.17, 15) is 4.57 Å². The van der Waals surface area contributed by atoms with Crippen LogP contribution in [0, 0.1) is 6.92 Å². The van der Waals surface area contributed by atoms with Crippen LogP contribution in [-0.2, 0) is 4.57 Å². The van der Waals surface area contributed by atoms with E-state index in [4.69, 9.17) is 0 Å². The lowest BCUT2D eigenvalue weighted by molar-refractivity contribution is 0.582. The van der Waals surface area contributed by atoms with Crippen LogP contribution >= 0.6 is 7.14 Å². The van der Waals surface area contributed by atoms with Crippen LogP contribution in [0.15, 0.2) is 24.3 Å². The van der Waals surface area contributed by atoms with Crippen molar-refractivity contribution in [1.29, 1.82) is 0 Å². The lowest BCUT2D eigenvalue weighted by Gasteiger charge is -2.14. The molecular weight excluding hydrogens is 179 g/mol. The second-order valence-corrected chi connectivity index (χ2v) is 6.92. The van der Waals surface area contributed by atoms with E-state index in [0.29, 0.717) is 0 Å². The number of hydrogen-bond donors (Lipinski definition) is 0. The van der Waals surface area contributed by atoms with Crippen molar-refractivity contribution in [3.63, 3.8) is 0 Å². The molecule has 0 atom stereocenters. The third-order valence-corrected chi connectivity index (χ3v) is 5.76. The number of benzene rings is 1. The molecule has 0 N–H and O–H groups in total. The first-order valence-corrected chi connectivity index (χ1v) is 6.85. The topological polar surface area (TPSA) is 17.1 Å². The Hall–Kier alpha value is -0.550. The van der Waals surface area contributed by atoms with Gasteiger partial charge in [0.1, 0.15) is 7.14 Å². The van der Waals surface area contributed by atoms with Crippen LogP contribution in [0.5, 0.6) is 0 Å². The van der Waals surface area contributed by atoms with Gasteiger partial charge in [0.05, 0.1) is 0 Å². The predicted molar refractivity (Wildman–Crippen MR) is 59.5 cm³/mol. The van der Waals surface area contributed by atoms with Gasteiger partial charge in [-0.15, -0.1) is 0 Å². The molecule has 0 heterocycles. The molecule has 0 bridgehead atoms. The molecule has 0 amide bonds. The lowest BCUT2D eigenvalue weighted by atomic mass is 10.2. The zero-order chi connectivity index (χ0) is 9.90. The van der Waals surface area contributed by atoms with Crippen molar-refractivity contribution in [3.05, 3.63) is 29.8 Å². The minimum absolute atomic E-state index is 0.771. The monoisotopic (exact) mass is 196 g/mol. The quantitative estimate of drug-likeness (QED) is 0.679. The van der Waals surface area contributed by atoms with Gasteiger partial charge in [0.15, 0.2) is 0 Å². The minimum atomic E-state index is -2.06. The first-order chi connectivity index (χ1) is 6.12. The standard InChI is InChI=1S/C11H17OP/c1-4-13(12,5-2)11-8-6-7-10(3)9-11/h6-9H,4-5H2,1-3H3.